The zero-order valence-electron chi connectivity index (χ0n) is 11.0. The van der Waals surface area contributed by atoms with E-state index in [0.29, 0.717) is 11.4 Å². The Morgan fingerprint density at radius 1 is 1.42 bits per heavy atom. The van der Waals surface area contributed by atoms with Gasteiger partial charge < -0.3 is 16.0 Å². The smallest absolute Gasteiger partial charge is 0.253 e. The van der Waals surface area contributed by atoms with Gasteiger partial charge in [0.15, 0.2) is 0 Å². The molecule has 4 N–H and O–H groups in total. The molecule has 0 aliphatic rings. The van der Waals surface area contributed by atoms with Crippen LogP contribution in [0.3, 0.4) is 0 Å². The maximum atomic E-state index is 12.1. The standard InChI is InChI=1S/C13H17N5O/c1-3-10(12-16-6-8(2)17-12)18-13(19)9-4-5-11(14)15-7-9/h4-7,10H,3H2,1-2H3,(H2,14,15)(H,16,17)(H,18,19). The van der Waals surface area contributed by atoms with Crippen molar-refractivity contribution >= 4 is 11.7 Å². The first kappa shape index (κ1) is 13.1. The summed E-state index contributed by atoms with van der Waals surface area (Å²) < 4.78 is 0. The number of hydrogen-bond donors (Lipinski definition) is 3. The number of pyridine rings is 1. The van der Waals surface area contributed by atoms with E-state index in [1.165, 1.54) is 6.20 Å². The predicted octanol–water partition coefficient (Wildman–Crippen LogP) is 1.58. The van der Waals surface area contributed by atoms with Gasteiger partial charge in [-0.15, -0.1) is 0 Å². The number of nitrogen functional groups attached to an aromatic ring is 1. The highest BCUT2D eigenvalue weighted by Crippen LogP contribution is 2.14. The van der Waals surface area contributed by atoms with Gasteiger partial charge in [-0.1, -0.05) is 6.92 Å². The van der Waals surface area contributed by atoms with E-state index in [9.17, 15) is 4.79 Å². The number of aromatic nitrogens is 3. The van der Waals surface area contributed by atoms with E-state index in [-0.39, 0.29) is 11.9 Å². The maximum absolute atomic E-state index is 12.1. The van der Waals surface area contributed by atoms with Gasteiger partial charge in [0.1, 0.15) is 11.6 Å². The van der Waals surface area contributed by atoms with E-state index < -0.39 is 0 Å². The number of nitrogens with two attached hydrogens (primary N) is 1. The summed E-state index contributed by atoms with van der Waals surface area (Å²) in [6.07, 6.45) is 3.96. The summed E-state index contributed by atoms with van der Waals surface area (Å²) in [6.45, 7) is 3.92. The van der Waals surface area contributed by atoms with E-state index in [1.807, 2.05) is 13.8 Å². The highest BCUT2D eigenvalue weighted by Gasteiger charge is 2.16. The van der Waals surface area contributed by atoms with Crippen LogP contribution in [-0.2, 0) is 0 Å². The number of H-pyrrole nitrogens is 1. The number of nitrogens with one attached hydrogen (secondary N) is 2. The predicted molar refractivity (Wildman–Crippen MR) is 72.5 cm³/mol. The summed E-state index contributed by atoms with van der Waals surface area (Å²) in [5.41, 5.74) is 6.94. The van der Waals surface area contributed by atoms with Crippen molar-refractivity contribution in [2.45, 2.75) is 26.3 Å². The van der Waals surface area contributed by atoms with E-state index >= 15 is 0 Å². The molecule has 2 rings (SSSR count). The molecule has 0 saturated heterocycles. The zero-order valence-corrected chi connectivity index (χ0v) is 11.0. The number of hydrogen-bond acceptors (Lipinski definition) is 4. The Balaban J connectivity index is 2.10. The van der Waals surface area contributed by atoms with Crippen LogP contribution in [0.2, 0.25) is 0 Å². The van der Waals surface area contributed by atoms with Crippen LogP contribution in [0.4, 0.5) is 5.82 Å². The van der Waals surface area contributed by atoms with Gasteiger partial charge in [0.25, 0.3) is 5.91 Å². The summed E-state index contributed by atoms with van der Waals surface area (Å²) in [6, 6.07) is 3.11. The average molecular weight is 259 g/mol. The molecule has 2 heterocycles. The monoisotopic (exact) mass is 259 g/mol. The van der Waals surface area contributed by atoms with Crippen LogP contribution in [0.25, 0.3) is 0 Å². The van der Waals surface area contributed by atoms with Crippen molar-refractivity contribution in [1.29, 1.82) is 0 Å². The van der Waals surface area contributed by atoms with Crippen LogP contribution in [0, 0.1) is 6.92 Å². The number of amides is 1. The summed E-state index contributed by atoms with van der Waals surface area (Å²) in [5.74, 6) is 0.968. The molecule has 0 aliphatic heterocycles. The lowest BCUT2D eigenvalue weighted by Crippen LogP contribution is -2.29. The molecule has 6 nitrogen and oxygen atoms in total. The third-order valence-electron chi connectivity index (χ3n) is 2.81. The number of rotatable bonds is 4. The second-order valence-corrected chi connectivity index (χ2v) is 4.36. The molecule has 2 aromatic rings. The first-order chi connectivity index (χ1) is 9.10. The number of carbonyl (C=O) groups excluding carboxylic acids is 1. The number of carbonyl (C=O) groups is 1. The minimum atomic E-state index is -0.187. The summed E-state index contributed by atoms with van der Waals surface area (Å²) in [5, 5.41) is 2.92. The van der Waals surface area contributed by atoms with Crippen molar-refractivity contribution in [3.05, 3.63) is 41.6 Å². The van der Waals surface area contributed by atoms with Gasteiger partial charge in [0.2, 0.25) is 0 Å². The second kappa shape index (κ2) is 5.51. The lowest BCUT2D eigenvalue weighted by molar-refractivity contribution is 0.0933. The fourth-order valence-corrected chi connectivity index (χ4v) is 1.75. The molecule has 1 amide bonds. The summed E-state index contributed by atoms with van der Waals surface area (Å²) in [7, 11) is 0. The van der Waals surface area contributed by atoms with Crippen molar-refractivity contribution in [3.63, 3.8) is 0 Å². The van der Waals surface area contributed by atoms with Crippen molar-refractivity contribution < 1.29 is 4.79 Å². The Morgan fingerprint density at radius 3 is 2.74 bits per heavy atom. The van der Waals surface area contributed by atoms with Crippen molar-refractivity contribution in [2.75, 3.05) is 5.73 Å². The topological polar surface area (TPSA) is 96.7 Å². The van der Waals surface area contributed by atoms with Crippen LogP contribution >= 0.6 is 0 Å². The summed E-state index contributed by atoms with van der Waals surface area (Å²) >= 11 is 0. The lowest BCUT2D eigenvalue weighted by Gasteiger charge is -2.14. The molecule has 0 fully saturated rings. The molecule has 0 aliphatic carbocycles. The van der Waals surface area contributed by atoms with Crippen molar-refractivity contribution in [2.24, 2.45) is 0 Å². The van der Waals surface area contributed by atoms with Gasteiger partial charge in [-0.3, -0.25) is 4.79 Å². The van der Waals surface area contributed by atoms with Crippen molar-refractivity contribution in [3.8, 4) is 0 Å². The van der Waals surface area contributed by atoms with E-state index in [1.54, 1.807) is 18.3 Å². The number of anilines is 1. The molecule has 1 atom stereocenters. The molecule has 0 aromatic carbocycles. The Bertz CT molecular complexity index is 561. The zero-order chi connectivity index (χ0) is 13.8. The van der Waals surface area contributed by atoms with Gasteiger partial charge in [-0.05, 0) is 25.5 Å². The van der Waals surface area contributed by atoms with Gasteiger partial charge in [-0.2, -0.15) is 0 Å². The minimum absolute atomic E-state index is 0.140. The van der Waals surface area contributed by atoms with Gasteiger partial charge in [0.05, 0.1) is 11.6 Å². The first-order valence-electron chi connectivity index (χ1n) is 6.14. The fraction of sp³-hybridized carbons (Fsp3) is 0.308. The number of nitrogens with zero attached hydrogens (tertiary/aromatic N) is 2. The Morgan fingerprint density at radius 2 is 2.21 bits per heavy atom. The molecule has 19 heavy (non-hydrogen) atoms. The van der Waals surface area contributed by atoms with Crippen molar-refractivity contribution in [1.82, 2.24) is 20.3 Å². The van der Waals surface area contributed by atoms with Crippen LogP contribution in [0.1, 0.15) is 41.3 Å². The highest BCUT2D eigenvalue weighted by atomic mass is 16.1. The second-order valence-electron chi connectivity index (χ2n) is 4.36. The number of imidazole rings is 1. The molecule has 0 saturated carbocycles. The Kier molecular flexibility index (Phi) is 3.79. The lowest BCUT2D eigenvalue weighted by atomic mass is 10.2. The third kappa shape index (κ3) is 3.09. The quantitative estimate of drug-likeness (QED) is 0.776. The molecule has 100 valence electrons. The fourth-order valence-electron chi connectivity index (χ4n) is 1.75. The average Bonchev–Trinajstić information content (AvgIpc) is 2.83. The van der Waals surface area contributed by atoms with Crippen LogP contribution < -0.4 is 11.1 Å². The molecule has 6 heteroatoms. The van der Waals surface area contributed by atoms with Gasteiger partial charge in [-0.25, -0.2) is 9.97 Å². The largest absolute Gasteiger partial charge is 0.384 e. The highest BCUT2D eigenvalue weighted by molar-refractivity contribution is 5.94. The molecular weight excluding hydrogens is 242 g/mol. The molecule has 2 aromatic heterocycles. The first-order valence-corrected chi connectivity index (χ1v) is 6.14. The summed E-state index contributed by atoms with van der Waals surface area (Å²) in [4.78, 5) is 23.3. The Labute approximate surface area is 111 Å². The number of aromatic amines is 1. The van der Waals surface area contributed by atoms with Crippen LogP contribution in [-0.4, -0.2) is 20.9 Å². The molecule has 1 unspecified atom stereocenters. The van der Waals surface area contributed by atoms with Crippen LogP contribution in [0.15, 0.2) is 24.5 Å². The van der Waals surface area contributed by atoms with Gasteiger partial charge in [0, 0.05) is 18.1 Å². The minimum Gasteiger partial charge on any atom is -0.384 e. The van der Waals surface area contributed by atoms with E-state index in [2.05, 4.69) is 20.3 Å². The van der Waals surface area contributed by atoms with Crippen LogP contribution in [0.5, 0.6) is 0 Å². The molecule has 0 spiro atoms. The Hall–Kier alpha value is -2.37. The van der Waals surface area contributed by atoms with E-state index in [0.717, 1.165) is 17.9 Å². The normalized spacial score (nSPS) is 12.1. The number of aryl methyl sites for hydroxylation is 1. The van der Waals surface area contributed by atoms with E-state index in [4.69, 9.17) is 5.73 Å². The SMILES string of the molecule is CCC(NC(=O)c1ccc(N)nc1)c1ncc(C)[nH]1. The molecular formula is C13H17N5O. The van der Waals surface area contributed by atoms with Gasteiger partial charge >= 0.3 is 0 Å². The maximum Gasteiger partial charge on any atom is 0.253 e. The molecule has 0 bridgehead atoms. The molecule has 0 radical (unpaired) electrons. The third-order valence-corrected chi connectivity index (χ3v) is 2.81.